The molecule has 0 fully saturated rings. The molecule has 1 unspecified atom stereocenters. The van der Waals surface area contributed by atoms with Crippen LogP contribution in [-0.2, 0) is 6.42 Å². The van der Waals surface area contributed by atoms with Gasteiger partial charge in [0, 0.05) is 3.92 Å². The van der Waals surface area contributed by atoms with E-state index in [-0.39, 0.29) is 0 Å². The molecule has 0 aliphatic rings. The summed E-state index contributed by atoms with van der Waals surface area (Å²) in [4.78, 5) is 0. The Hall–Kier alpha value is -0.0500. The molecule has 0 N–H and O–H groups in total. The molecule has 1 rings (SSSR count). The van der Waals surface area contributed by atoms with Crippen LogP contribution in [0.15, 0.2) is 24.3 Å². The van der Waals surface area contributed by atoms with Gasteiger partial charge in [-0.1, -0.05) is 53.8 Å². The lowest BCUT2D eigenvalue weighted by Gasteiger charge is -2.08. The Morgan fingerprint density at radius 1 is 1.36 bits per heavy atom. The van der Waals surface area contributed by atoms with E-state index in [2.05, 4.69) is 60.7 Å². The lowest BCUT2D eigenvalue weighted by Crippen LogP contribution is -1.91. The first-order valence-corrected chi connectivity index (χ1v) is 5.22. The van der Waals surface area contributed by atoms with Crippen molar-refractivity contribution in [3.05, 3.63) is 35.4 Å². The summed E-state index contributed by atoms with van der Waals surface area (Å²) in [6.07, 6.45) is 1.14. The average molecular weight is 260 g/mol. The quantitative estimate of drug-likeness (QED) is 0.561. The molecule has 1 atom stereocenters. The van der Waals surface area contributed by atoms with Gasteiger partial charge in [0.15, 0.2) is 0 Å². The predicted molar refractivity (Wildman–Crippen MR) is 58.3 cm³/mol. The van der Waals surface area contributed by atoms with Crippen LogP contribution >= 0.6 is 22.6 Å². The third kappa shape index (κ3) is 2.19. The molecule has 1 aromatic carbocycles. The number of alkyl halides is 1. The molecule has 1 heteroatoms. The topological polar surface area (TPSA) is 0 Å². The number of hydrogen-bond donors (Lipinski definition) is 0. The number of halogens is 1. The molecule has 60 valence electrons. The minimum atomic E-state index is 0.628. The molecule has 11 heavy (non-hydrogen) atoms. The maximum absolute atomic E-state index is 2.46. The van der Waals surface area contributed by atoms with E-state index in [0.29, 0.717) is 3.92 Å². The zero-order valence-corrected chi connectivity index (χ0v) is 9.13. The number of aryl methyl sites for hydroxylation is 1. The van der Waals surface area contributed by atoms with E-state index in [1.165, 1.54) is 11.1 Å². The fourth-order valence-corrected chi connectivity index (χ4v) is 1.85. The Balaban J connectivity index is 3.02. The number of rotatable bonds is 2. The third-order valence-electron chi connectivity index (χ3n) is 1.86. The molecule has 0 nitrogen and oxygen atoms in total. The minimum absolute atomic E-state index is 0.628. The van der Waals surface area contributed by atoms with Gasteiger partial charge >= 0.3 is 0 Å². The van der Waals surface area contributed by atoms with Gasteiger partial charge in [0.25, 0.3) is 0 Å². The molecular formula is C10H13I. The van der Waals surface area contributed by atoms with E-state index in [1.807, 2.05) is 0 Å². The summed E-state index contributed by atoms with van der Waals surface area (Å²) in [5, 5.41) is 0. The van der Waals surface area contributed by atoms with E-state index in [1.54, 1.807) is 0 Å². The van der Waals surface area contributed by atoms with Gasteiger partial charge in [0.1, 0.15) is 0 Å². The van der Waals surface area contributed by atoms with Gasteiger partial charge in [-0.15, -0.1) is 0 Å². The fourth-order valence-electron chi connectivity index (χ4n) is 1.24. The van der Waals surface area contributed by atoms with Crippen LogP contribution in [0.2, 0.25) is 0 Å². The SMILES string of the molecule is CCc1ccccc1C(C)I. The Bertz CT molecular complexity index is 228. The van der Waals surface area contributed by atoms with Gasteiger partial charge in [-0.05, 0) is 24.5 Å². The zero-order chi connectivity index (χ0) is 8.27. The summed E-state index contributed by atoms with van der Waals surface area (Å²) in [7, 11) is 0. The summed E-state index contributed by atoms with van der Waals surface area (Å²) in [5.41, 5.74) is 2.96. The zero-order valence-electron chi connectivity index (χ0n) is 6.97. The van der Waals surface area contributed by atoms with Crippen molar-refractivity contribution in [2.75, 3.05) is 0 Å². The first-order chi connectivity index (χ1) is 5.25. The molecular weight excluding hydrogens is 247 g/mol. The van der Waals surface area contributed by atoms with Gasteiger partial charge in [-0.3, -0.25) is 0 Å². The summed E-state index contributed by atoms with van der Waals surface area (Å²) < 4.78 is 0.628. The average Bonchev–Trinajstić information content (AvgIpc) is 2.04. The third-order valence-corrected chi connectivity index (χ3v) is 2.54. The Morgan fingerprint density at radius 3 is 2.45 bits per heavy atom. The van der Waals surface area contributed by atoms with E-state index >= 15 is 0 Å². The molecule has 0 aliphatic heterocycles. The van der Waals surface area contributed by atoms with Crippen molar-refractivity contribution >= 4 is 22.6 Å². The summed E-state index contributed by atoms with van der Waals surface area (Å²) in [6, 6.07) is 8.66. The second-order valence-corrected chi connectivity index (χ2v) is 4.54. The Labute approximate surface area is 82.2 Å². The first-order valence-electron chi connectivity index (χ1n) is 3.97. The molecule has 0 saturated carbocycles. The summed E-state index contributed by atoms with van der Waals surface area (Å²) >= 11 is 2.46. The predicted octanol–water partition coefficient (Wildman–Crippen LogP) is 3.75. The molecule has 0 saturated heterocycles. The van der Waals surface area contributed by atoms with E-state index in [4.69, 9.17) is 0 Å². The smallest absolute Gasteiger partial charge is 0.0334 e. The molecule has 0 aromatic heterocycles. The van der Waals surface area contributed by atoms with Crippen LogP contribution < -0.4 is 0 Å². The van der Waals surface area contributed by atoms with Crippen LogP contribution in [0.4, 0.5) is 0 Å². The molecule has 0 bridgehead atoms. The highest BCUT2D eigenvalue weighted by Gasteiger charge is 2.03. The van der Waals surface area contributed by atoms with E-state index in [9.17, 15) is 0 Å². The highest BCUT2D eigenvalue weighted by Crippen LogP contribution is 2.25. The minimum Gasteiger partial charge on any atom is -0.0777 e. The van der Waals surface area contributed by atoms with Crippen LogP contribution in [0.25, 0.3) is 0 Å². The van der Waals surface area contributed by atoms with Crippen molar-refractivity contribution in [2.24, 2.45) is 0 Å². The number of hydrogen-bond acceptors (Lipinski definition) is 0. The molecule has 1 aromatic rings. The lowest BCUT2D eigenvalue weighted by molar-refractivity contribution is 1.04. The van der Waals surface area contributed by atoms with E-state index < -0.39 is 0 Å². The van der Waals surface area contributed by atoms with Crippen LogP contribution in [0, 0.1) is 0 Å². The largest absolute Gasteiger partial charge is 0.0777 e. The maximum atomic E-state index is 2.46. The normalized spacial score (nSPS) is 13.0. The van der Waals surface area contributed by atoms with Crippen molar-refractivity contribution in [1.29, 1.82) is 0 Å². The maximum Gasteiger partial charge on any atom is 0.0334 e. The fraction of sp³-hybridized carbons (Fsp3) is 0.400. The van der Waals surface area contributed by atoms with E-state index in [0.717, 1.165) is 6.42 Å². The Morgan fingerprint density at radius 2 is 2.00 bits per heavy atom. The first kappa shape index (κ1) is 9.04. The van der Waals surface area contributed by atoms with Crippen LogP contribution in [0.3, 0.4) is 0 Å². The van der Waals surface area contributed by atoms with Crippen molar-refractivity contribution in [3.63, 3.8) is 0 Å². The van der Waals surface area contributed by atoms with Gasteiger partial charge in [-0.2, -0.15) is 0 Å². The number of benzene rings is 1. The summed E-state index contributed by atoms with van der Waals surface area (Å²) in [6.45, 7) is 4.44. The summed E-state index contributed by atoms with van der Waals surface area (Å²) in [5.74, 6) is 0. The molecule has 0 spiro atoms. The van der Waals surface area contributed by atoms with Gasteiger partial charge in [-0.25, -0.2) is 0 Å². The molecule has 0 heterocycles. The van der Waals surface area contributed by atoms with Crippen molar-refractivity contribution < 1.29 is 0 Å². The molecule has 0 radical (unpaired) electrons. The van der Waals surface area contributed by atoms with Gasteiger partial charge < -0.3 is 0 Å². The van der Waals surface area contributed by atoms with Crippen LogP contribution in [0.1, 0.15) is 28.9 Å². The molecule has 0 amide bonds. The second-order valence-electron chi connectivity index (χ2n) is 2.67. The van der Waals surface area contributed by atoms with Crippen molar-refractivity contribution in [3.8, 4) is 0 Å². The van der Waals surface area contributed by atoms with Gasteiger partial charge in [0.05, 0.1) is 0 Å². The lowest BCUT2D eigenvalue weighted by atomic mass is 10.0. The van der Waals surface area contributed by atoms with Crippen molar-refractivity contribution in [2.45, 2.75) is 24.2 Å². The van der Waals surface area contributed by atoms with Crippen LogP contribution in [-0.4, -0.2) is 0 Å². The van der Waals surface area contributed by atoms with Crippen LogP contribution in [0.5, 0.6) is 0 Å². The second kappa shape index (κ2) is 4.10. The molecule has 0 aliphatic carbocycles. The van der Waals surface area contributed by atoms with Gasteiger partial charge in [0.2, 0.25) is 0 Å². The van der Waals surface area contributed by atoms with Crippen molar-refractivity contribution in [1.82, 2.24) is 0 Å². The monoisotopic (exact) mass is 260 g/mol. The highest BCUT2D eigenvalue weighted by atomic mass is 127. The Kier molecular flexibility index (Phi) is 3.37. The standard InChI is InChI=1S/C10H13I/c1-3-9-6-4-5-7-10(9)8(2)11/h4-8H,3H2,1-2H3. The highest BCUT2D eigenvalue weighted by molar-refractivity contribution is 14.1.